The zero-order valence-electron chi connectivity index (χ0n) is 11.9. The fourth-order valence-electron chi connectivity index (χ4n) is 2.23. The maximum absolute atomic E-state index is 14.0. The van der Waals surface area contributed by atoms with Gasteiger partial charge in [0.25, 0.3) is 0 Å². The highest BCUT2D eigenvalue weighted by Crippen LogP contribution is 2.27. The maximum Gasteiger partial charge on any atom is 0.358 e. The van der Waals surface area contributed by atoms with Crippen LogP contribution in [0.15, 0.2) is 30.6 Å². The molecule has 3 rings (SSSR count). The van der Waals surface area contributed by atoms with Gasteiger partial charge < -0.3 is 10.5 Å². The van der Waals surface area contributed by atoms with Crippen molar-refractivity contribution in [1.29, 1.82) is 5.26 Å². The van der Waals surface area contributed by atoms with Crippen molar-refractivity contribution in [3.63, 3.8) is 0 Å². The Hall–Kier alpha value is -3.47. The molecule has 0 aromatic carbocycles. The van der Waals surface area contributed by atoms with E-state index in [0.717, 1.165) is 0 Å². The van der Waals surface area contributed by atoms with Gasteiger partial charge in [0.15, 0.2) is 17.3 Å². The monoisotopic (exact) mass is 311 g/mol. The highest BCUT2D eigenvalue weighted by atomic mass is 19.1. The summed E-state index contributed by atoms with van der Waals surface area (Å²) < 4.78 is 19.9. The number of aromatic nitrogens is 3. The number of esters is 1. The van der Waals surface area contributed by atoms with E-state index in [4.69, 9.17) is 5.73 Å². The maximum atomic E-state index is 14.0. The Balaban J connectivity index is 2.37. The van der Waals surface area contributed by atoms with Gasteiger partial charge >= 0.3 is 5.97 Å². The second-order valence-corrected chi connectivity index (χ2v) is 4.62. The van der Waals surface area contributed by atoms with Crippen molar-refractivity contribution in [3.8, 4) is 11.9 Å². The Morgan fingerprint density at radius 2 is 2.30 bits per heavy atom. The van der Waals surface area contributed by atoms with E-state index in [1.807, 2.05) is 6.07 Å². The van der Waals surface area contributed by atoms with Gasteiger partial charge in [-0.1, -0.05) is 0 Å². The van der Waals surface area contributed by atoms with Crippen LogP contribution in [-0.4, -0.2) is 27.6 Å². The molecule has 7 nitrogen and oxygen atoms in total. The van der Waals surface area contributed by atoms with Crippen LogP contribution in [0.25, 0.3) is 16.9 Å². The van der Waals surface area contributed by atoms with E-state index in [2.05, 4.69) is 14.7 Å². The van der Waals surface area contributed by atoms with Crippen LogP contribution in [-0.2, 0) is 4.74 Å². The van der Waals surface area contributed by atoms with E-state index < -0.39 is 11.8 Å². The number of hydrogen-bond acceptors (Lipinski definition) is 6. The molecule has 0 saturated carbocycles. The number of ether oxygens (including phenoxy) is 1. The minimum Gasteiger partial charge on any atom is -0.464 e. The highest BCUT2D eigenvalue weighted by Gasteiger charge is 2.20. The number of nitriles is 1. The van der Waals surface area contributed by atoms with E-state index in [-0.39, 0.29) is 28.4 Å². The van der Waals surface area contributed by atoms with Gasteiger partial charge in [0.05, 0.1) is 18.4 Å². The molecule has 0 amide bonds. The second-order valence-electron chi connectivity index (χ2n) is 4.62. The van der Waals surface area contributed by atoms with Crippen molar-refractivity contribution in [2.45, 2.75) is 0 Å². The topological polar surface area (TPSA) is 107 Å². The Labute approximate surface area is 129 Å². The first-order valence-corrected chi connectivity index (χ1v) is 6.47. The molecule has 114 valence electrons. The van der Waals surface area contributed by atoms with Crippen molar-refractivity contribution in [2.75, 3.05) is 12.8 Å². The SMILES string of the molecule is COC(=O)c1nc2c(cc1N)c(C#N)cn2-c1ncccc1F. The van der Waals surface area contributed by atoms with E-state index in [9.17, 15) is 14.4 Å². The van der Waals surface area contributed by atoms with Crippen molar-refractivity contribution < 1.29 is 13.9 Å². The van der Waals surface area contributed by atoms with Crippen LogP contribution in [0.4, 0.5) is 10.1 Å². The van der Waals surface area contributed by atoms with E-state index in [1.54, 1.807) is 0 Å². The quantitative estimate of drug-likeness (QED) is 0.723. The number of pyridine rings is 2. The van der Waals surface area contributed by atoms with Gasteiger partial charge in [0.1, 0.15) is 11.7 Å². The summed E-state index contributed by atoms with van der Waals surface area (Å²) in [6.07, 6.45) is 2.80. The van der Waals surface area contributed by atoms with Gasteiger partial charge in [-0.25, -0.2) is 19.2 Å². The molecular formula is C15H10FN5O2. The number of nitrogens with two attached hydrogens (primary N) is 1. The van der Waals surface area contributed by atoms with Gasteiger partial charge in [-0.05, 0) is 18.2 Å². The molecule has 3 aromatic rings. The van der Waals surface area contributed by atoms with Crippen LogP contribution in [0.3, 0.4) is 0 Å². The summed E-state index contributed by atoms with van der Waals surface area (Å²) in [6.45, 7) is 0. The van der Waals surface area contributed by atoms with Crippen LogP contribution in [0, 0.1) is 17.1 Å². The molecule has 2 N–H and O–H groups in total. The van der Waals surface area contributed by atoms with E-state index >= 15 is 0 Å². The molecule has 3 heterocycles. The zero-order chi connectivity index (χ0) is 16.6. The van der Waals surface area contributed by atoms with Crippen LogP contribution in [0.5, 0.6) is 0 Å². The number of hydrogen-bond donors (Lipinski definition) is 1. The molecule has 0 aliphatic heterocycles. The van der Waals surface area contributed by atoms with Crippen LogP contribution in [0.1, 0.15) is 16.1 Å². The molecular weight excluding hydrogens is 301 g/mol. The molecule has 0 bridgehead atoms. The van der Waals surface area contributed by atoms with E-state index in [0.29, 0.717) is 5.39 Å². The summed E-state index contributed by atoms with van der Waals surface area (Å²) in [5, 5.41) is 9.63. The van der Waals surface area contributed by atoms with Gasteiger partial charge in [0, 0.05) is 17.8 Å². The Morgan fingerprint density at radius 3 is 2.96 bits per heavy atom. The van der Waals surface area contributed by atoms with Crippen molar-refractivity contribution in [3.05, 3.63) is 47.7 Å². The molecule has 0 saturated heterocycles. The molecule has 0 unspecified atom stereocenters. The first kappa shape index (κ1) is 14.5. The number of rotatable bonds is 2. The third kappa shape index (κ3) is 2.24. The number of fused-ring (bicyclic) bond motifs is 1. The average Bonchev–Trinajstić information content (AvgIpc) is 2.91. The van der Waals surface area contributed by atoms with Crippen LogP contribution < -0.4 is 5.73 Å². The molecule has 0 spiro atoms. The minimum absolute atomic E-state index is 0.0351. The lowest BCUT2D eigenvalue weighted by Gasteiger charge is -2.07. The van der Waals surface area contributed by atoms with Crippen molar-refractivity contribution >= 4 is 22.7 Å². The second kappa shape index (κ2) is 5.38. The van der Waals surface area contributed by atoms with Gasteiger partial charge in [0.2, 0.25) is 0 Å². The third-order valence-corrected chi connectivity index (χ3v) is 3.27. The lowest BCUT2D eigenvalue weighted by atomic mass is 10.2. The number of carbonyl (C=O) groups excluding carboxylic acids is 1. The molecule has 3 aromatic heterocycles. The third-order valence-electron chi connectivity index (χ3n) is 3.27. The Bertz CT molecular complexity index is 974. The van der Waals surface area contributed by atoms with Crippen molar-refractivity contribution in [1.82, 2.24) is 14.5 Å². The number of carbonyl (C=O) groups is 1. The molecule has 0 aliphatic carbocycles. The smallest absolute Gasteiger partial charge is 0.358 e. The van der Waals surface area contributed by atoms with Crippen LogP contribution in [0.2, 0.25) is 0 Å². The lowest BCUT2D eigenvalue weighted by molar-refractivity contribution is 0.0595. The molecule has 0 aliphatic rings. The van der Waals surface area contributed by atoms with E-state index in [1.165, 1.54) is 42.3 Å². The summed E-state index contributed by atoms with van der Waals surface area (Å²) in [7, 11) is 1.20. The number of nitrogen functional groups attached to an aromatic ring is 1. The predicted octanol–water partition coefficient (Wildman–Crippen LogP) is 1.80. The summed E-state index contributed by atoms with van der Waals surface area (Å²) in [5.74, 6) is -1.35. The first-order chi connectivity index (χ1) is 11.1. The average molecular weight is 311 g/mol. The molecule has 0 fully saturated rings. The summed E-state index contributed by atoms with van der Waals surface area (Å²) in [6, 6.07) is 6.10. The normalized spacial score (nSPS) is 10.5. The summed E-state index contributed by atoms with van der Waals surface area (Å²) >= 11 is 0. The first-order valence-electron chi connectivity index (χ1n) is 6.47. The highest BCUT2D eigenvalue weighted by molar-refractivity contribution is 5.98. The number of nitrogens with zero attached hydrogens (tertiary/aromatic N) is 4. The van der Waals surface area contributed by atoms with Crippen molar-refractivity contribution in [2.24, 2.45) is 0 Å². The molecule has 23 heavy (non-hydrogen) atoms. The largest absolute Gasteiger partial charge is 0.464 e. The van der Waals surface area contributed by atoms with Gasteiger partial charge in [-0.2, -0.15) is 5.26 Å². The molecule has 8 heteroatoms. The number of anilines is 1. The van der Waals surface area contributed by atoms with Gasteiger partial charge in [-0.15, -0.1) is 0 Å². The fourth-order valence-corrected chi connectivity index (χ4v) is 2.23. The number of methoxy groups -OCH3 is 1. The molecule has 0 radical (unpaired) electrons. The van der Waals surface area contributed by atoms with Gasteiger partial charge in [-0.3, -0.25) is 4.57 Å². The Morgan fingerprint density at radius 1 is 1.52 bits per heavy atom. The number of halogens is 1. The minimum atomic E-state index is -0.725. The van der Waals surface area contributed by atoms with Crippen LogP contribution >= 0.6 is 0 Å². The summed E-state index contributed by atoms with van der Waals surface area (Å²) in [5.41, 5.74) is 6.18. The predicted molar refractivity (Wildman–Crippen MR) is 79.3 cm³/mol. The molecule has 0 atom stereocenters. The summed E-state index contributed by atoms with van der Waals surface area (Å²) in [4.78, 5) is 19.8. The Kier molecular flexibility index (Phi) is 3.38. The fraction of sp³-hybridized carbons (Fsp3) is 0.0667. The lowest BCUT2D eigenvalue weighted by Crippen LogP contribution is -2.10. The zero-order valence-corrected chi connectivity index (χ0v) is 11.9. The standard InChI is InChI=1S/C15H10FN5O2/c1-23-15(22)12-11(18)5-9-8(6-17)7-21(13(9)20-12)14-10(16)3-2-4-19-14/h2-5,7H,18H2,1H3.